The van der Waals surface area contributed by atoms with E-state index in [-0.39, 0.29) is 24.8 Å². The lowest BCUT2D eigenvalue weighted by Crippen LogP contribution is -2.30. The number of thiazole rings is 1. The van der Waals surface area contributed by atoms with Gasteiger partial charge in [-0.3, -0.25) is 9.59 Å². The smallest absolute Gasteiger partial charge is 0.258 e. The van der Waals surface area contributed by atoms with Gasteiger partial charge in [0, 0.05) is 23.5 Å². The van der Waals surface area contributed by atoms with Gasteiger partial charge in [0.25, 0.3) is 5.91 Å². The zero-order valence-corrected chi connectivity index (χ0v) is 18.9. The third-order valence-corrected chi connectivity index (χ3v) is 6.10. The van der Waals surface area contributed by atoms with Gasteiger partial charge in [0.15, 0.2) is 6.61 Å². The van der Waals surface area contributed by atoms with Crippen molar-refractivity contribution in [2.75, 3.05) is 13.2 Å². The number of hydrogen-bond acceptors (Lipinski definition) is 5. The molecular formula is C25H27N3O3S. The Kier molecular flexibility index (Phi) is 7.17. The molecule has 3 aromatic rings. The number of benzene rings is 2. The second-order valence-electron chi connectivity index (χ2n) is 8.06. The molecule has 0 unspecified atom stereocenters. The fraction of sp³-hybridized carbons (Fsp3) is 0.320. The molecule has 1 aliphatic rings. The van der Waals surface area contributed by atoms with E-state index in [0.29, 0.717) is 18.3 Å². The van der Waals surface area contributed by atoms with E-state index in [4.69, 9.17) is 4.74 Å². The van der Waals surface area contributed by atoms with Gasteiger partial charge in [-0.15, -0.1) is 11.3 Å². The summed E-state index contributed by atoms with van der Waals surface area (Å²) in [5.41, 5.74) is 4.16. The first-order valence-electron chi connectivity index (χ1n) is 10.8. The zero-order valence-electron chi connectivity index (χ0n) is 18.1. The van der Waals surface area contributed by atoms with Crippen LogP contribution in [0.5, 0.6) is 5.75 Å². The normalized spacial score (nSPS) is 12.9. The van der Waals surface area contributed by atoms with E-state index >= 15 is 0 Å². The second kappa shape index (κ2) is 10.4. The van der Waals surface area contributed by atoms with Crippen molar-refractivity contribution in [1.29, 1.82) is 0 Å². The minimum absolute atomic E-state index is 0.0348. The Morgan fingerprint density at radius 2 is 1.81 bits per heavy atom. The highest BCUT2D eigenvalue weighted by Crippen LogP contribution is 2.24. The van der Waals surface area contributed by atoms with Crippen LogP contribution < -0.4 is 15.4 Å². The fourth-order valence-electron chi connectivity index (χ4n) is 3.19. The Balaban J connectivity index is 1.17. The lowest BCUT2D eigenvalue weighted by molar-refractivity contribution is -0.123. The largest absolute Gasteiger partial charge is 0.484 e. The summed E-state index contributed by atoms with van der Waals surface area (Å²) >= 11 is 1.56. The average molecular weight is 450 g/mol. The number of rotatable bonds is 10. The van der Waals surface area contributed by atoms with E-state index in [1.54, 1.807) is 11.3 Å². The molecule has 1 aliphatic carbocycles. The van der Waals surface area contributed by atoms with Crippen molar-refractivity contribution in [3.8, 4) is 16.3 Å². The molecular weight excluding hydrogens is 422 g/mol. The van der Waals surface area contributed by atoms with Crippen LogP contribution >= 0.6 is 11.3 Å². The molecule has 0 saturated heterocycles. The Morgan fingerprint density at radius 1 is 1.06 bits per heavy atom. The summed E-state index contributed by atoms with van der Waals surface area (Å²) in [5, 5.41) is 8.72. The highest BCUT2D eigenvalue weighted by atomic mass is 32.1. The van der Waals surface area contributed by atoms with Crippen molar-refractivity contribution in [2.45, 2.75) is 38.6 Å². The third-order valence-electron chi connectivity index (χ3n) is 5.16. The molecule has 4 rings (SSSR count). The maximum atomic E-state index is 12.3. The van der Waals surface area contributed by atoms with E-state index in [9.17, 15) is 9.59 Å². The lowest BCUT2D eigenvalue weighted by atomic mass is 10.1. The van der Waals surface area contributed by atoms with Crippen molar-refractivity contribution in [2.24, 2.45) is 0 Å². The first kappa shape index (κ1) is 22.0. The number of nitrogens with zero attached hydrogens (tertiary/aromatic N) is 1. The van der Waals surface area contributed by atoms with E-state index in [0.717, 1.165) is 41.1 Å². The predicted octanol–water partition coefficient (Wildman–Crippen LogP) is 3.68. The SMILES string of the molecule is Cc1ccc(-c2nc(CC(=O)NCCc3ccc(OCC(=O)NC4CC4)cc3)cs2)cc1. The number of carbonyl (C=O) groups excluding carboxylic acids is 2. The maximum absolute atomic E-state index is 12.3. The van der Waals surface area contributed by atoms with Crippen LogP contribution in [0.15, 0.2) is 53.9 Å². The molecule has 1 fully saturated rings. The topological polar surface area (TPSA) is 80.3 Å². The number of aryl methyl sites for hydroxylation is 1. The molecule has 0 bridgehead atoms. The number of ether oxygens (including phenoxy) is 1. The standard InChI is InChI=1S/C25H27N3O3S/c1-17-2-6-19(7-3-17)25-28-21(16-32-25)14-23(29)26-13-12-18-4-10-22(11-5-18)31-15-24(30)27-20-8-9-20/h2-7,10-11,16,20H,8-9,12-15H2,1H3,(H,26,29)(H,27,30). The van der Waals surface area contributed by atoms with Crippen LogP contribution in [0.4, 0.5) is 0 Å². The molecule has 0 atom stereocenters. The molecule has 32 heavy (non-hydrogen) atoms. The van der Waals surface area contributed by atoms with Gasteiger partial charge in [-0.2, -0.15) is 0 Å². The molecule has 0 radical (unpaired) electrons. The predicted molar refractivity (Wildman–Crippen MR) is 126 cm³/mol. The molecule has 0 spiro atoms. The van der Waals surface area contributed by atoms with Gasteiger partial charge in [-0.1, -0.05) is 42.0 Å². The number of nitrogens with one attached hydrogen (secondary N) is 2. The summed E-state index contributed by atoms with van der Waals surface area (Å²) in [7, 11) is 0. The maximum Gasteiger partial charge on any atom is 0.258 e. The minimum atomic E-state index is -0.0783. The molecule has 166 valence electrons. The Labute approximate surface area is 192 Å². The van der Waals surface area contributed by atoms with Crippen molar-refractivity contribution >= 4 is 23.2 Å². The van der Waals surface area contributed by atoms with Gasteiger partial charge in [0.05, 0.1) is 12.1 Å². The number of aromatic nitrogens is 1. The van der Waals surface area contributed by atoms with Crippen LogP contribution in [-0.4, -0.2) is 36.0 Å². The molecule has 2 aromatic carbocycles. The summed E-state index contributed by atoms with van der Waals surface area (Å²) in [6.45, 7) is 2.65. The third kappa shape index (κ3) is 6.65. The van der Waals surface area contributed by atoms with Crippen molar-refractivity contribution < 1.29 is 14.3 Å². The summed E-state index contributed by atoms with van der Waals surface area (Å²) in [6.07, 6.45) is 3.13. The fourth-order valence-corrected chi connectivity index (χ4v) is 4.01. The van der Waals surface area contributed by atoms with Crippen LogP contribution in [0.3, 0.4) is 0 Å². The Hall–Kier alpha value is -3.19. The monoisotopic (exact) mass is 449 g/mol. The van der Waals surface area contributed by atoms with Crippen molar-refractivity contribution in [3.63, 3.8) is 0 Å². The summed E-state index contributed by atoms with van der Waals surface area (Å²) in [4.78, 5) is 28.5. The summed E-state index contributed by atoms with van der Waals surface area (Å²) in [5.74, 6) is 0.550. The summed E-state index contributed by atoms with van der Waals surface area (Å²) < 4.78 is 5.51. The number of amides is 2. The van der Waals surface area contributed by atoms with E-state index < -0.39 is 0 Å². The van der Waals surface area contributed by atoms with Crippen LogP contribution in [0.2, 0.25) is 0 Å². The zero-order chi connectivity index (χ0) is 22.3. The van der Waals surface area contributed by atoms with Crippen molar-refractivity contribution in [3.05, 3.63) is 70.7 Å². The van der Waals surface area contributed by atoms with Gasteiger partial charge in [-0.05, 0) is 43.9 Å². The molecule has 1 aromatic heterocycles. The van der Waals surface area contributed by atoms with Crippen LogP contribution in [-0.2, 0) is 22.4 Å². The van der Waals surface area contributed by atoms with Crippen LogP contribution in [0.25, 0.3) is 10.6 Å². The average Bonchev–Trinajstić information content (AvgIpc) is 3.48. The first-order chi connectivity index (χ1) is 15.5. The Morgan fingerprint density at radius 3 is 2.53 bits per heavy atom. The van der Waals surface area contributed by atoms with Crippen LogP contribution in [0.1, 0.15) is 29.7 Å². The minimum Gasteiger partial charge on any atom is -0.484 e. The van der Waals surface area contributed by atoms with E-state index in [1.165, 1.54) is 5.56 Å². The molecule has 1 saturated carbocycles. The quantitative estimate of drug-likeness (QED) is 0.495. The van der Waals surface area contributed by atoms with Gasteiger partial charge in [0.1, 0.15) is 10.8 Å². The highest BCUT2D eigenvalue weighted by molar-refractivity contribution is 7.13. The van der Waals surface area contributed by atoms with E-state index in [2.05, 4.69) is 46.8 Å². The molecule has 2 amide bonds. The second-order valence-corrected chi connectivity index (χ2v) is 8.92. The molecule has 2 N–H and O–H groups in total. The first-order valence-corrected chi connectivity index (χ1v) is 11.7. The van der Waals surface area contributed by atoms with Gasteiger partial charge < -0.3 is 15.4 Å². The van der Waals surface area contributed by atoms with Crippen molar-refractivity contribution in [1.82, 2.24) is 15.6 Å². The van der Waals surface area contributed by atoms with Crippen LogP contribution in [0, 0.1) is 6.92 Å². The molecule has 6 nitrogen and oxygen atoms in total. The van der Waals surface area contributed by atoms with Gasteiger partial charge in [0.2, 0.25) is 5.91 Å². The molecule has 7 heteroatoms. The van der Waals surface area contributed by atoms with E-state index in [1.807, 2.05) is 29.6 Å². The van der Waals surface area contributed by atoms with Gasteiger partial charge in [-0.25, -0.2) is 4.98 Å². The number of hydrogen-bond donors (Lipinski definition) is 2. The van der Waals surface area contributed by atoms with Gasteiger partial charge >= 0.3 is 0 Å². The highest BCUT2D eigenvalue weighted by Gasteiger charge is 2.23. The number of carbonyl (C=O) groups is 2. The lowest BCUT2D eigenvalue weighted by Gasteiger charge is -2.08. The molecule has 1 heterocycles. The molecule has 0 aliphatic heterocycles. The summed E-state index contributed by atoms with van der Waals surface area (Å²) in [6, 6.07) is 16.2. The Bertz CT molecular complexity index is 1060.